The minimum absolute atomic E-state index is 0.973. The third kappa shape index (κ3) is 16.1. The quantitative estimate of drug-likeness (QED) is 0.252. The highest BCUT2D eigenvalue weighted by Crippen LogP contribution is 2.18. The molecule has 0 saturated heterocycles. The summed E-state index contributed by atoms with van der Waals surface area (Å²) in [5, 5.41) is 0. The van der Waals surface area contributed by atoms with Gasteiger partial charge in [0.25, 0.3) is 0 Å². The molecule has 0 aliphatic rings. The van der Waals surface area contributed by atoms with Crippen molar-refractivity contribution >= 4 is 0 Å². The van der Waals surface area contributed by atoms with Crippen molar-refractivity contribution in [3.8, 4) is 0 Å². The van der Waals surface area contributed by atoms with Gasteiger partial charge in [-0.25, -0.2) is 0 Å². The molecule has 0 nitrogen and oxygen atoms in total. The Morgan fingerprint density at radius 3 is 1.10 bits per heavy atom. The number of hydrogen-bond donors (Lipinski definition) is 0. The van der Waals surface area contributed by atoms with Gasteiger partial charge in [-0.3, -0.25) is 0 Å². The summed E-state index contributed by atoms with van der Waals surface area (Å²) in [5.74, 6) is 0.973. The summed E-state index contributed by atoms with van der Waals surface area (Å²) in [7, 11) is 0. The van der Waals surface area contributed by atoms with E-state index in [1.807, 2.05) is 0 Å². The standard InChI is InChI=1S/C20H42/c1-4-6-8-10-11-12-13-15-17-19-20(3)18-16-14-9-7-5-2/h20H,4-19H2,1-3H3/t20-/m0/s1. The van der Waals surface area contributed by atoms with Gasteiger partial charge in [0.2, 0.25) is 0 Å². The molecule has 0 aliphatic heterocycles. The minimum Gasteiger partial charge on any atom is -0.0654 e. The second-order valence-corrected chi connectivity index (χ2v) is 6.93. The van der Waals surface area contributed by atoms with E-state index in [2.05, 4.69) is 20.8 Å². The maximum atomic E-state index is 2.46. The summed E-state index contributed by atoms with van der Waals surface area (Å²) in [6.45, 7) is 7.06. The molecule has 0 unspecified atom stereocenters. The Kier molecular flexibility index (Phi) is 17.1. The Bertz CT molecular complexity index is 161. The first-order chi connectivity index (χ1) is 9.81. The number of unbranched alkanes of at least 4 members (excludes halogenated alkanes) is 12. The monoisotopic (exact) mass is 282 g/mol. The first-order valence-electron chi connectivity index (χ1n) is 9.81. The fraction of sp³-hybridized carbons (Fsp3) is 1.00. The summed E-state index contributed by atoms with van der Waals surface area (Å²) < 4.78 is 0. The van der Waals surface area contributed by atoms with Crippen LogP contribution in [0.4, 0.5) is 0 Å². The predicted molar refractivity (Wildman–Crippen MR) is 94.4 cm³/mol. The van der Waals surface area contributed by atoms with Crippen LogP contribution in [0.1, 0.15) is 124 Å². The molecule has 122 valence electrons. The van der Waals surface area contributed by atoms with Crippen molar-refractivity contribution in [1.29, 1.82) is 0 Å². The summed E-state index contributed by atoms with van der Waals surface area (Å²) >= 11 is 0. The van der Waals surface area contributed by atoms with Crippen molar-refractivity contribution in [3.05, 3.63) is 0 Å². The molecule has 1 atom stereocenters. The van der Waals surface area contributed by atoms with Gasteiger partial charge >= 0.3 is 0 Å². The van der Waals surface area contributed by atoms with Gasteiger partial charge in [0.05, 0.1) is 0 Å². The van der Waals surface area contributed by atoms with E-state index in [0.717, 1.165) is 5.92 Å². The molecule has 0 spiro atoms. The van der Waals surface area contributed by atoms with Crippen LogP contribution in [-0.4, -0.2) is 0 Å². The molecule has 0 aromatic rings. The van der Waals surface area contributed by atoms with Gasteiger partial charge in [-0.2, -0.15) is 0 Å². The van der Waals surface area contributed by atoms with Gasteiger partial charge in [-0.1, -0.05) is 124 Å². The van der Waals surface area contributed by atoms with Crippen LogP contribution in [0.5, 0.6) is 0 Å². The maximum absolute atomic E-state index is 2.46. The van der Waals surface area contributed by atoms with Crippen LogP contribution in [-0.2, 0) is 0 Å². The second kappa shape index (κ2) is 17.1. The van der Waals surface area contributed by atoms with Crippen molar-refractivity contribution < 1.29 is 0 Å². The van der Waals surface area contributed by atoms with E-state index >= 15 is 0 Å². The fourth-order valence-corrected chi connectivity index (χ4v) is 3.04. The third-order valence-electron chi connectivity index (χ3n) is 4.60. The molecular formula is C20H42. The summed E-state index contributed by atoms with van der Waals surface area (Å²) in [6, 6.07) is 0. The lowest BCUT2D eigenvalue weighted by Gasteiger charge is -2.11. The van der Waals surface area contributed by atoms with Crippen LogP contribution in [0.2, 0.25) is 0 Å². The van der Waals surface area contributed by atoms with E-state index in [-0.39, 0.29) is 0 Å². The van der Waals surface area contributed by atoms with Crippen LogP contribution in [0.3, 0.4) is 0 Å². The number of rotatable bonds is 16. The molecule has 0 heterocycles. The molecule has 0 fully saturated rings. The van der Waals surface area contributed by atoms with Gasteiger partial charge in [0.1, 0.15) is 0 Å². The highest BCUT2D eigenvalue weighted by Gasteiger charge is 2.01. The Morgan fingerprint density at radius 2 is 0.750 bits per heavy atom. The molecule has 0 saturated carbocycles. The molecule has 0 heteroatoms. The van der Waals surface area contributed by atoms with E-state index in [1.165, 1.54) is 103 Å². The van der Waals surface area contributed by atoms with Gasteiger partial charge in [-0.15, -0.1) is 0 Å². The van der Waals surface area contributed by atoms with Crippen LogP contribution in [0.25, 0.3) is 0 Å². The Hall–Kier alpha value is 0. The normalized spacial score (nSPS) is 12.8. The Morgan fingerprint density at radius 1 is 0.450 bits per heavy atom. The minimum atomic E-state index is 0.973. The SMILES string of the molecule is CCCCCCCCCCC[C@@H](C)CCCCCCC. The predicted octanol–water partition coefficient (Wildman–Crippen LogP) is 7.90. The lowest BCUT2D eigenvalue weighted by atomic mass is 9.96. The van der Waals surface area contributed by atoms with Gasteiger partial charge in [0.15, 0.2) is 0 Å². The van der Waals surface area contributed by atoms with Crippen molar-refractivity contribution in [2.45, 2.75) is 124 Å². The third-order valence-corrected chi connectivity index (χ3v) is 4.60. The Labute approximate surface area is 130 Å². The zero-order valence-electron chi connectivity index (χ0n) is 14.9. The van der Waals surface area contributed by atoms with E-state index in [0.29, 0.717) is 0 Å². The van der Waals surface area contributed by atoms with Crippen molar-refractivity contribution in [2.24, 2.45) is 5.92 Å². The largest absolute Gasteiger partial charge is 0.0654 e. The average molecular weight is 283 g/mol. The van der Waals surface area contributed by atoms with Crippen molar-refractivity contribution in [3.63, 3.8) is 0 Å². The zero-order valence-corrected chi connectivity index (χ0v) is 14.9. The van der Waals surface area contributed by atoms with Crippen molar-refractivity contribution in [2.75, 3.05) is 0 Å². The molecule has 0 bridgehead atoms. The van der Waals surface area contributed by atoms with Crippen LogP contribution < -0.4 is 0 Å². The van der Waals surface area contributed by atoms with Gasteiger partial charge in [0, 0.05) is 0 Å². The maximum Gasteiger partial charge on any atom is -0.0443 e. The van der Waals surface area contributed by atoms with Crippen LogP contribution >= 0.6 is 0 Å². The average Bonchev–Trinajstić information content (AvgIpc) is 2.45. The van der Waals surface area contributed by atoms with Crippen molar-refractivity contribution in [1.82, 2.24) is 0 Å². The molecule has 0 amide bonds. The van der Waals surface area contributed by atoms with E-state index in [1.54, 1.807) is 0 Å². The molecule has 20 heavy (non-hydrogen) atoms. The number of hydrogen-bond acceptors (Lipinski definition) is 0. The summed E-state index contributed by atoms with van der Waals surface area (Å²) in [6.07, 6.45) is 23.3. The van der Waals surface area contributed by atoms with Crippen LogP contribution in [0, 0.1) is 5.92 Å². The highest BCUT2D eigenvalue weighted by atomic mass is 14.1. The van der Waals surface area contributed by atoms with E-state index < -0.39 is 0 Å². The molecule has 0 aromatic heterocycles. The fourth-order valence-electron chi connectivity index (χ4n) is 3.04. The lowest BCUT2D eigenvalue weighted by Crippen LogP contribution is -1.95. The molecular weight excluding hydrogens is 240 g/mol. The molecule has 0 radical (unpaired) electrons. The molecule has 0 aromatic carbocycles. The summed E-state index contributed by atoms with van der Waals surface area (Å²) in [5.41, 5.74) is 0. The van der Waals surface area contributed by atoms with E-state index in [4.69, 9.17) is 0 Å². The molecule has 0 aliphatic carbocycles. The zero-order chi connectivity index (χ0) is 14.9. The van der Waals surface area contributed by atoms with Crippen LogP contribution in [0.15, 0.2) is 0 Å². The first kappa shape index (κ1) is 20.0. The smallest absolute Gasteiger partial charge is 0.0443 e. The highest BCUT2D eigenvalue weighted by molar-refractivity contribution is 4.55. The van der Waals surface area contributed by atoms with E-state index in [9.17, 15) is 0 Å². The first-order valence-corrected chi connectivity index (χ1v) is 9.81. The Balaban J connectivity index is 3.09. The summed E-state index contributed by atoms with van der Waals surface area (Å²) in [4.78, 5) is 0. The second-order valence-electron chi connectivity index (χ2n) is 6.93. The lowest BCUT2D eigenvalue weighted by molar-refractivity contribution is 0.431. The topological polar surface area (TPSA) is 0 Å². The van der Waals surface area contributed by atoms with Gasteiger partial charge < -0.3 is 0 Å². The molecule has 0 rings (SSSR count). The molecule has 0 N–H and O–H groups in total. The van der Waals surface area contributed by atoms with Gasteiger partial charge in [-0.05, 0) is 5.92 Å².